The van der Waals surface area contributed by atoms with Crippen LogP contribution in [0.4, 0.5) is 5.69 Å². The zero-order valence-electron chi connectivity index (χ0n) is 36.2. The molecule has 0 radical (unpaired) electrons. The van der Waals surface area contributed by atoms with Crippen LogP contribution in [0.2, 0.25) is 10.0 Å². The molecule has 316 valence electrons. The predicted octanol–water partition coefficient (Wildman–Crippen LogP) is 8.91. The Morgan fingerprint density at radius 3 is 2.28 bits per heavy atom. The molecule has 61 heavy (non-hydrogen) atoms. The van der Waals surface area contributed by atoms with Gasteiger partial charge in [0.25, 0.3) is 5.91 Å². The molecular weight excluding hydrogens is 807 g/mol. The lowest BCUT2D eigenvalue weighted by molar-refractivity contribution is 0.0957. The number of piperazine rings is 1. The van der Waals surface area contributed by atoms with E-state index in [9.17, 15) is 0 Å². The van der Waals surface area contributed by atoms with Gasteiger partial charge >= 0.3 is 0 Å². The van der Waals surface area contributed by atoms with Gasteiger partial charge in [0.15, 0.2) is 5.82 Å². The van der Waals surface area contributed by atoms with E-state index in [1.54, 1.807) is 11.0 Å². The average Bonchev–Trinajstić information content (AvgIpc) is 3.91. The number of aryl methyl sites for hydroxylation is 7. The molecule has 0 bridgehead atoms. The predicted molar refractivity (Wildman–Crippen MR) is 244 cm³/mol. The Labute approximate surface area is 366 Å². The van der Waals surface area contributed by atoms with Gasteiger partial charge in [0.1, 0.15) is 23.6 Å². The number of benzene rings is 3. The third kappa shape index (κ3) is 7.47. The second-order valence-corrected chi connectivity index (χ2v) is 17.8. The Morgan fingerprint density at radius 2 is 1.59 bits per heavy atom. The van der Waals surface area contributed by atoms with Gasteiger partial charge in [0.2, 0.25) is 0 Å². The number of rotatable bonds is 10. The highest BCUT2D eigenvalue weighted by Crippen LogP contribution is 2.46. The van der Waals surface area contributed by atoms with Gasteiger partial charge in [-0.05, 0) is 108 Å². The number of hydrogen-bond donors (Lipinski definition) is 0. The zero-order chi connectivity index (χ0) is 42.9. The van der Waals surface area contributed by atoms with Crippen LogP contribution in [0, 0.1) is 27.7 Å². The Kier molecular flexibility index (Phi) is 10.9. The minimum Gasteiger partial charge on any atom is -0.494 e. The summed E-state index contributed by atoms with van der Waals surface area (Å²) < 4.78 is 12.3. The van der Waals surface area contributed by atoms with E-state index >= 15 is 4.79 Å². The summed E-state index contributed by atoms with van der Waals surface area (Å²) in [5, 5.41) is 7.87. The summed E-state index contributed by atoms with van der Waals surface area (Å²) >= 11 is 13.8. The maximum atomic E-state index is 15.4. The summed E-state index contributed by atoms with van der Waals surface area (Å²) in [4.78, 5) is 36.8. The zero-order valence-corrected chi connectivity index (χ0v) is 37.7. The van der Waals surface area contributed by atoms with Gasteiger partial charge in [-0.15, -0.1) is 0 Å². The van der Waals surface area contributed by atoms with E-state index in [1.165, 1.54) is 0 Å². The average molecular weight is 860 g/mol. The Bertz CT molecular complexity index is 2800. The number of aromatic nitrogens is 7. The SMILES string of the molecule is Cc1cc(OCCCc2c3n(c4c(-c5c(C)nc(CN6CCN(C)CC6)nc5C)c(Cl)ccc24)[C@H](C)CN(c2cn(C)c4ccc(-c5ncn(C)n5)cc24)C3=O)cc(C)c1Cl. The molecule has 1 atom stereocenters. The fourth-order valence-corrected chi connectivity index (χ4v) is 9.78. The molecule has 7 aromatic rings. The summed E-state index contributed by atoms with van der Waals surface area (Å²) in [6.45, 7) is 15.9. The standard InChI is InChI=1S/C47H52Cl2N10O2/c1-27-20-33(21-28(2)43(27)49)61-19-9-10-34-35-12-13-37(48)42(41-30(4)51-40(52-31(41)5)25-57-17-15-54(6)16-18-57)44(35)59-29(3)23-58(47(60)45(34)59)39-24-55(7)38-14-11-32(22-36(38)39)46-50-26-56(8)53-46/h11-14,20-22,24,26,29H,9-10,15-19,23,25H2,1-8H3/t29-/m1/s1. The fraction of sp³-hybridized carbons (Fsp3) is 0.383. The van der Waals surface area contributed by atoms with Crippen molar-refractivity contribution in [2.75, 3.05) is 51.3 Å². The number of carbonyl (C=O) groups excluding carboxylic acids is 1. The molecule has 4 aromatic heterocycles. The van der Waals surface area contributed by atoms with E-state index in [4.69, 9.17) is 37.9 Å². The van der Waals surface area contributed by atoms with Gasteiger partial charge in [0, 0.05) is 108 Å². The normalized spacial score (nSPS) is 16.3. The van der Waals surface area contributed by atoms with Crippen molar-refractivity contribution < 1.29 is 9.53 Å². The van der Waals surface area contributed by atoms with Crippen molar-refractivity contribution in [2.45, 2.75) is 60.0 Å². The highest BCUT2D eigenvalue weighted by Gasteiger charge is 2.38. The van der Waals surface area contributed by atoms with Crippen LogP contribution in [0.15, 0.2) is 55.0 Å². The highest BCUT2D eigenvalue weighted by molar-refractivity contribution is 6.35. The third-order valence-electron chi connectivity index (χ3n) is 12.5. The lowest BCUT2D eigenvalue weighted by Gasteiger charge is -2.34. The minimum absolute atomic E-state index is 0.0580. The first kappa shape index (κ1) is 41.1. The van der Waals surface area contributed by atoms with Crippen LogP contribution < -0.4 is 9.64 Å². The quantitative estimate of drug-likeness (QED) is 0.126. The largest absolute Gasteiger partial charge is 0.494 e. The number of likely N-dealkylation sites (N-methyl/N-ethyl adjacent to an activating group) is 1. The van der Waals surface area contributed by atoms with Gasteiger partial charge in [0.05, 0.1) is 29.4 Å². The van der Waals surface area contributed by atoms with Crippen LogP contribution in [-0.2, 0) is 27.1 Å². The molecule has 0 spiro atoms. The lowest BCUT2D eigenvalue weighted by Crippen LogP contribution is -2.44. The molecule has 1 amide bonds. The van der Waals surface area contributed by atoms with Gasteiger partial charge in [-0.1, -0.05) is 29.3 Å². The summed E-state index contributed by atoms with van der Waals surface area (Å²) in [5.41, 5.74) is 10.8. The van der Waals surface area contributed by atoms with E-state index in [1.807, 2.05) is 57.1 Å². The summed E-state index contributed by atoms with van der Waals surface area (Å²) in [5.74, 6) is 2.17. The summed E-state index contributed by atoms with van der Waals surface area (Å²) in [7, 11) is 6.04. The Balaban J connectivity index is 1.15. The minimum atomic E-state index is -0.105. The first-order valence-corrected chi connectivity index (χ1v) is 21.8. The number of nitrogens with zero attached hydrogens (tertiary/aromatic N) is 10. The molecule has 0 saturated carbocycles. The van der Waals surface area contributed by atoms with Crippen molar-refractivity contribution in [2.24, 2.45) is 14.1 Å². The molecular formula is C47H52Cl2N10O2. The van der Waals surface area contributed by atoms with Crippen LogP contribution in [0.5, 0.6) is 5.75 Å². The first-order valence-electron chi connectivity index (χ1n) is 21.0. The highest BCUT2D eigenvalue weighted by atomic mass is 35.5. The number of fused-ring (bicyclic) bond motifs is 4. The fourth-order valence-electron chi connectivity index (χ4n) is 9.42. The number of hydrogen-bond acceptors (Lipinski definition) is 8. The van der Waals surface area contributed by atoms with E-state index in [-0.39, 0.29) is 11.9 Å². The van der Waals surface area contributed by atoms with E-state index in [2.05, 4.69) is 81.2 Å². The maximum Gasteiger partial charge on any atom is 0.275 e. The van der Waals surface area contributed by atoms with Gasteiger partial charge in [-0.3, -0.25) is 14.4 Å². The molecule has 6 heterocycles. The van der Waals surface area contributed by atoms with Crippen LogP contribution >= 0.6 is 23.2 Å². The molecule has 3 aromatic carbocycles. The van der Waals surface area contributed by atoms with Gasteiger partial charge in [-0.2, -0.15) is 5.10 Å². The topological polar surface area (TPSA) is 102 Å². The van der Waals surface area contributed by atoms with Crippen molar-refractivity contribution in [3.05, 3.63) is 105 Å². The molecule has 0 unspecified atom stereocenters. The lowest BCUT2D eigenvalue weighted by atomic mass is 9.97. The van der Waals surface area contributed by atoms with Crippen LogP contribution in [0.25, 0.3) is 44.3 Å². The number of amides is 1. The third-order valence-corrected chi connectivity index (χ3v) is 13.4. The molecule has 12 nitrogen and oxygen atoms in total. The first-order chi connectivity index (χ1) is 29.3. The molecule has 0 aliphatic carbocycles. The van der Waals surface area contributed by atoms with E-state index < -0.39 is 0 Å². The molecule has 1 saturated heterocycles. The number of halogens is 2. The van der Waals surface area contributed by atoms with Crippen molar-refractivity contribution in [3.63, 3.8) is 0 Å². The summed E-state index contributed by atoms with van der Waals surface area (Å²) in [6.07, 6.45) is 5.05. The van der Waals surface area contributed by atoms with Gasteiger partial charge < -0.3 is 23.7 Å². The van der Waals surface area contributed by atoms with Crippen LogP contribution in [0.3, 0.4) is 0 Å². The van der Waals surface area contributed by atoms with E-state index in [0.29, 0.717) is 49.1 Å². The summed E-state index contributed by atoms with van der Waals surface area (Å²) in [6, 6.07) is 14.1. The Morgan fingerprint density at radius 1 is 0.869 bits per heavy atom. The molecule has 14 heteroatoms. The monoisotopic (exact) mass is 858 g/mol. The van der Waals surface area contributed by atoms with Crippen molar-refractivity contribution in [3.8, 4) is 28.3 Å². The smallest absolute Gasteiger partial charge is 0.275 e. The van der Waals surface area contributed by atoms with Crippen molar-refractivity contribution in [1.29, 1.82) is 0 Å². The number of carbonyl (C=O) groups is 1. The van der Waals surface area contributed by atoms with Gasteiger partial charge in [-0.25, -0.2) is 15.0 Å². The van der Waals surface area contributed by atoms with Crippen molar-refractivity contribution >= 4 is 56.6 Å². The second kappa shape index (κ2) is 16.2. The maximum absolute atomic E-state index is 15.4. The van der Waals surface area contributed by atoms with E-state index in [0.717, 1.165) is 115 Å². The second-order valence-electron chi connectivity index (χ2n) is 17.0. The molecule has 1 fully saturated rings. The molecule has 2 aliphatic heterocycles. The molecule has 2 aliphatic rings. The number of anilines is 1. The van der Waals surface area contributed by atoms with Crippen molar-refractivity contribution in [1.82, 2.24) is 43.7 Å². The number of ether oxygens (including phenoxy) is 1. The molecule has 0 N–H and O–H groups in total. The Hall–Kier alpha value is -5.27. The van der Waals surface area contributed by atoms with Crippen LogP contribution in [0.1, 0.15) is 63.8 Å². The van der Waals surface area contributed by atoms with Crippen LogP contribution in [-0.4, -0.2) is 96.0 Å². The molecule has 9 rings (SSSR count).